The SMILES string of the molecule is CC(C)OCC(N)C1CCCC1C. The van der Waals surface area contributed by atoms with Crippen molar-refractivity contribution in [3.05, 3.63) is 0 Å². The lowest BCUT2D eigenvalue weighted by Crippen LogP contribution is -2.36. The van der Waals surface area contributed by atoms with E-state index in [1.165, 1.54) is 19.3 Å². The highest BCUT2D eigenvalue weighted by molar-refractivity contribution is 4.82. The van der Waals surface area contributed by atoms with E-state index in [1.807, 2.05) is 0 Å². The molecule has 0 aromatic rings. The maximum Gasteiger partial charge on any atom is 0.0623 e. The lowest BCUT2D eigenvalue weighted by Gasteiger charge is -2.23. The van der Waals surface area contributed by atoms with Crippen LogP contribution in [0.15, 0.2) is 0 Å². The van der Waals surface area contributed by atoms with Crippen molar-refractivity contribution in [1.82, 2.24) is 0 Å². The fourth-order valence-electron chi connectivity index (χ4n) is 2.24. The van der Waals surface area contributed by atoms with Crippen LogP contribution in [0.5, 0.6) is 0 Å². The predicted octanol–water partition coefficient (Wildman–Crippen LogP) is 2.17. The first-order valence-corrected chi connectivity index (χ1v) is 5.48. The Hall–Kier alpha value is -0.0800. The fraction of sp³-hybridized carbons (Fsp3) is 1.00. The first-order valence-electron chi connectivity index (χ1n) is 5.48. The molecule has 2 heteroatoms. The van der Waals surface area contributed by atoms with Gasteiger partial charge in [-0.25, -0.2) is 0 Å². The monoisotopic (exact) mass is 185 g/mol. The van der Waals surface area contributed by atoms with E-state index in [-0.39, 0.29) is 6.04 Å². The van der Waals surface area contributed by atoms with E-state index in [0.717, 1.165) is 12.5 Å². The molecule has 3 atom stereocenters. The molecule has 78 valence electrons. The van der Waals surface area contributed by atoms with Gasteiger partial charge in [-0.1, -0.05) is 19.8 Å². The number of ether oxygens (including phenoxy) is 1. The molecule has 2 N–H and O–H groups in total. The Balaban J connectivity index is 2.25. The summed E-state index contributed by atoms with van der Waals surface area (Å²) in [4.78, 5) is 0. The van der Waals surface area contributed by atoms with E-state index >= 15 is 0 Å². The van der Waals surface area contributed by atoms with Crippen molar-refractivity contribution < 1.29 is 4.74 Å². The minimum atomic E-state index is 0.250. The maximum atomic E-state index is 6.09. The molecule has 0 amide bonds. The Morgan fingerprint density at radius 3 is 2.54 bits per heavy atom. The minimum absolute atomic E-state index is 0.250. The Morgan fingerprint density at radius 2 is 2.08 bits per heavy atom. The highest BCUT2D eigenvalue weighted by Gasteiger charge is 2.28. The molecule has 0 spiro atoms. The summed E-state index contributed by atoms with van der Waals surface area (Å²) in [6.45, 7) is 7.16. The molecule has 0 saturated heterocycles. The third kappa shape index (κ3) is 3.28. The second-order valence-electron chi connectivity index (χ2n) is 4.62. The highest BCUT2D eigenvalue weighted by Crippen LogP contribution is 2.32. The Kier molecular flexibility index (Phi) is 4.20. The van der Waals surface area contributed by atoms with Gasteiger partial charge in [-0.15, -0.1) is 0 Å². The first-order chi connectivity index (χ1) is 6.11. The van der Waals surface area contributed by atoms with Gasteiger partial charge in [0, 0.05) is 6.04 Å². The number of nitrogens with two attached hydrogens (primary N) is 1. The summed E-state index contributed by atoms with van der Waals surface area (Å²) >= 11 is 0. The summed E-state index contributed by atoms with van der Waals surface area (Å²) in [5.41, 5.74) is 6.09. The van der Waals surface area contributed by atoms with Gasteiger partial charge in [0.25, 0.3) is 0 Å². The zero-order valence-electron chi connectivity index (χ0n) is 9.12. The van der Waals surface area contributed by atoms with Crippen LogP contribution in [-0.4, -0.2) is 18.8 Å². The molecule has 3 unspecified atom stereocenters. The number of hydrogen-bond acceptors (Lipinski definition) is 2. The van der Waals surface area contributed by atoms with Crippen LogP contribution in [0.3, 0.4) is 0 Å². The van der Waals surface area contributed by atoms with Gasteiger partial charge in [-0.2, -0.15) is 0 Å². The van der Waals surface area contributed by atoms with Crippen molar-refractivity contribution in [2.24, 2.45) is 17.6 Å². The summed E-state index contributed by atoms with van der Waals surface area (Å²) in [5.74, 6) is 1.49. The largest absolute Gasteiger partial charge is 0.377 e. The lowest BCUT2D eigenvalue weighted by atomic mass is 9.91. The van der Waals surface area contributed by atoms with Crippen LogP contribution in [0.25, 0.3) is 0 Å². The van der Waals surface area contributed by atoms with Gasteiger partial charge in [-0.3, -0.25) is 0 Å². The van der Waals surface area contributed by atoms with Crippen molar-refractivity contribution in [2.75, 3.05) is 6.61 Å². The van der Waals surface area contributed by atoms with Crippen molar-refractivity contribution in [1.29, 1.82) is 0 Å². The molecule has 1 aliphatic carbocycles. The minimum Gasteiger partial charge on any atom is -0.377 e. The van der Waals surface area contributed by atoms with Crippen LogP contribution in [0, 0.1) is 11.8 Å². The Labute approximate surface area is 81.8 Å². The van der Waals surface area contributed by atoms with Crippen molar-refractivity contribution in [3.8, 4) is 0 Å². The molecule has 0 heterocycles. The van der Waals surface area contributed by atoms with Crippen molar-refractivity contribution in [2.45, 2.75) is 52.2 Å². The van der Waals surface area contributed by atoms with Crippen LogP contribution in [0.2, 0.25) is 0 Å². The average Bonchev–Trinajstić information content (AvgIpc) is 2.47. The molecule has 0 aliphatic heterocycles. The number of hydrogen-bond donors (Lipinski definition) is 1. The second kappa shape index (κ2) is 4.97. The maximum absolute atomic E-state index is 6.09. The summed E-state index contributed by atoms with van der Waals surface area (Å²) < 4.78 is 5.54. The fourth-order valence-corrected chi connectivity index (χ4v) is 2.24. The van der Waals surface area contributed by atoms with Gasteiger partial charge >= 0.3 is 0 Å². The third-order valence-electron chi connectivity index (χ3n) is 3.10. The molecule has 13 heavy (non-hydrogen) atoms. The summed E-state index contributed by atoms with van der Waals surface area (Å²) in [5, 5.41) is 0. The zero-order valence-corrected chi connectivity index (χ0v) is 9.12. The van der Waals surface area contributed by atoms with Crippen LogP contribution in [0.1, 0.15) is 40.0 Å². The smallest absolute Gasteiger partial charge is 0.0623 e. The topological polar surface area (TPSA) is 35.2 Å². The van der Waals surface area contributed by atoms with E-state index < -0.39 is 0 Å². The van der Waals surface area contributed by atoms with Crippen molar-refractivity contribution in [3.63, 3.8) is 0 Å². The van der Waals surface area contributed by atoms with Gasteiger partial charge in [0.15, 0.2) is 0 Å². The molecule has 0 aromatic carbocycles. The van der Waals surface area contributed by atoms with Gasteiger partial charge < -0.3 is 10.5 Å². The molecule has 1 rings (SSSR count). The third-order valence-corrected chi connectivity index (χ3v) is 3.10. The lowest BCUT2D eigenvalue weighted by molar-refractivity contribution is 0.0535. The van der Waals surface area contributed by atoms with E-state index in [4.69, 9.17) is 10.5 Å². The number of rotatable bonds is 4. The van der Waals surface area contributed by atoms with Crippen LogP contribution < -0.4 is 5.73 Å². The van der Waals surface area contributed by atoms with Crippen LogP contribution in [0.4, 0.5) is 0 Å². The molecule has 2 nitrogen and oxygen atoms in total. The molecular formula is C11H23NO. The Morgan fingerprint density at radius 1 is 1.38 bits per heavy atom. The standard InChI is InChI=1S/C11H23NO/c1-8(2)13-7-11(12)10-6-4-5-9(10)3/h8-11H,4-7,12H2,1-3H3. The van der Waals surface area contributed by atoms with Crippen molar-refractivity contribution >= 4 is 0 Å². The Bertz CT molecular complexity index is 147. The van der Waals surface area contributed by atoms with E-state index in [0.29, 0.717) is 12.0 Å². The van der Waals surface area contributed by atoms with E-state index in [2.05, 4.69) is 20.8 Å². The van der Waals surface area contributed by atoms with Gasteiger partial charge in [0.2, 0.25) is 0 Å². The second-order valence-corrected chi connectivity index (χ2v) is 4.62. The molecule has 1 saturated carbocycles. The molecular weight excluding hydrogens is 162 g/mol. The highest BCUT2D eigenvalue weighted by atomic mass is 16.5. The molecule has 0 aromatic heterocycles. The van der Waals surface area contributed by atoms with Crippen LogP contribution >= 0.6 is 0 Å². The normalized spacial score (nSPS) is 31.2. The molecule has 0 radical (unpaired) electrons. The van der Waals surface area contributed by atoms with Gasteiger partial charge in [0.05, 0.1) is 12.7 Å². The summed E-state index contributed by atoms with van der Waals surface area (Å²) in [7, 11) is 0. The zero-order chi connectivity index (χ0) is 9.84. The van der Waals surface area contributed by atoms with E-state index in [9.17, 15) is 0 Å². The molecule has 0 bridgehead atoms. The van der Waals surface area contributed by atoms with Gasteiger partial charge in [-0.05, 0) is 32.1 Å². The molecule has 1 fully saturated rings. The average molecular weight is 185 g/mol. The van der Waals surface area contributed by atoms with E-state index in [1.54, 1.807) is 0 Å². The summed E-state index contributed by atoms with van der Waals surface area (Å²) in [6.07, 6.45) is 4.30. The van der Waals surface area contributed by atoms with Gasteiger partial charge in [0.1, 0.15) is 0 Å². The molecule has 1 aliphatic rings. The summed E-state index contributed by atoms with van der Waals surface area (Å²) in [6, 6.07) is 0.250. The predicted molar refractivity (Wildman–Crippen MR) is 55.6 cm³/mol. The quantitative estimate of drug-likeness (QED) is 0.728. The van der Waals surface area contributed by atoms with Crippen LogP contribution in [-0.2, 0) is 4.74 Å². The first kappa shape index (κ1) is 11.0.